The molecule has 3 aliphatic carbocycles. The van der Waals surface area contributed by atoms with Crippen LogP contribution in [0.25, 0.3) is 0 Å². The number of nitro groups is 1. The fraction of sp³-hybridized carbons (Fsp3) is 0.115. The van der Waals surface area contributed by atoms with E-state index in [1.807, 2.05) is 82.1 Å². The Kier molecular flexibility index (Phi) is 8.45. The van der Waals surface area contributed by atoms with E-state index in [1.165, 1.54) is 12.1 Å². The molecule has 154 valence electrons. The largest absolute Gasteiger partial charge is 2.00 e. The van der Waals surface area contributed by atoms with Gasteiger partial charge in [-0.15, -0.1) is 0 Å². The summed E-state index contributed by atoms with van der Waals surface area (Å²) in [7, 11) is 0. The zero-order valence-corrected chi connectivity index (χ0v) is 17.8. The van der Waals surface area contributed by atoms with Gasteiger partial charge in [-0.05, 0) is 81.3 Å². The Bertz CT molecular complexity index is 861. The summed E-state index contributed by atoms with van der Waals surface area (Å²) in [5, 5.41) is 10.7. The van der Waals surface area contributed by atoms with Crippen molar-refractivity contribution in [2.24, 2.45) is 5.92 Å². The molecule has 4 nitrogen and oxygen atoms in total. The van der Waals surface area contributed by atoms with Crippen molar-refractivity contribution in [2.75, 3.05) is 0 Å². The van der Waals surface area contributed by atoms with Crippen molar-refractivity contribution in [2.45, 2.75) is 12.3 Å². The van der Waals surface area contributed by atoms with E-state index in [0.717, 1.165) is 29.0 Å². The van der Waals surface area contributed by atoms with E-state index in [9.17, 15) is 14.9 Å². The van der Waals surface area contributed by atoms with E-state index in [4.69, 9.17) is 0 Å². The summed E-state index contributed by atoms with van der Waals surface area (Å²) < 4.78 is 0. The maximum atomic E-state index is 12.7. The maximum Gasteiger partial charge on any atom is 2.00 e. The molecule has 0 amide bonds. The number of hydrogen-bond acceptors (Lipinski definition) is 3. The number of hydrogen-bond donors (Lipinski definition) is 0. The fourth-order valence-corrected chi connectivity index (χ4v) is 3.62. The Morgan fingerprint density at radius 1 is 0.806 bits per heavy atom. The molecule has 0 aliphatic heterocycles. The van der Waals surface area contributed by atoms with Crippen molar-refractivity contribution in [1.82, 2.24) is 0 Å². The molecule has 3 fully saturated rings. The van der Waals surface area contributed by atoms with Gasteiger partial charge in [0.1, 0.15) is 0 Å². The molecule has 2 aromatic carbocycles. The predicted octanol–water partition coefficient (Wildman–Crippen LogP) is 5.35. The van der Waals surface area contributed by atoms with Crippen LogP contribution in [0.5, 0.6) is 0 Å². The van der Waals surface area contributed by atoms with E-state index >= 15 is 0 Å². The van der Waals surface area contributed by atoms with Crippen molar-refractivity contribution in [3.8, 4) is 0 Å². The van der Waals surface area contributed by atoms with Gasteiger partial charge in [0.2, 0.25) is 0 Å². The molecular formula is C26H21FeNO3+2. The number of nitro benzene ring substituents is 1. The first kappa shape index (κ1) is 23.7. The van der Waals surface area contributed by atoms with Gasteiger partial charge < -0.3 is 0 Å². The normalized spacial score (nSPS) is 22.2. The number of non-ortho nitro benzene ring substituents is 1. The Morgan fingerprint density at radius 3 is 1.87 bits per heavy atom. The average molecular weight is 451 g/mol. The summed E-state index contributed by atoms with van der Waals surface area (Å²) in [6.45, 7) is 0. The molecule has 0 N–H and O–H groups in total. The van der Waals surface area contributed by atoms with Gasteiger partial charge in [0, 0.05) is 29.5 Å². The number of benzene rings is 2. The van der Waals surface area contributed by atoms with Gasteiger partial charge in [0.25, 0.3) is 5.69 Å². The first-order chi connectivity index (χ1) is 14.6. The van der Waals surface area contributed by atoms with E-state index in [2.05, 4.69) is 0 Å². The number of carbonyl (C=O) groups is 1. The van der Waals surface area contributed by atoms with Crippen molar-refractivity contribution < 1.29 is 26.8 Å². The van der Waals surface area contributed by atoms with Crippen LogP contribution < -0.4 is 0 Å². The summed E-state index contributed by atoms with van der Waals surface area (Å²) in [5.41, 5.74) is 2.90. The van der Waals surface area contributed by atoms with Crippen LogP contribution in [-0.2, 0) is 17.1 Å². The molecule has 10 radical (unpaired) electrons. The van der Waals surface area contributed by atoms with Crippen LogP contribution in [0.4, 0.5) is 5.69 Å². The Hall–Kier alpha value is -1.97. The van der Waals surface area contributed by atoms with E-state index in [0.29, 0.717) is 0 Å². The minimum absolute atomic E-state index is 0. The van der Waals surface area contributed by atoms with Gasteiger partial charge in [-0.25, -0.2) is 0 Å². The summed E-state index contributed by atoms with van der Waals surface area (Å²) >= 11 is 0. The summed E-state index contributed by atoms with van der Waals surface area (Å²) in [6, 6.07) is 14.3. The van der Waals surface area contributed by atoms with Crippen LogP contribution in [0.15, 0.2) is 48.5 Å². The molecule has 0 saturated heterocycles. The second kappa shape index (κ2) is 11.1. The minimum atomic E-state index is -0.409. The smallest absolute Gasteiger partial charge is 0.294 e. The van der Waals surface area contributed by atoms with Crippen molar-refractivity contribution >= 4 is 11.5 Å². The molecular weight excluding hydrogens is 430 g/mol. The van der Waals surface area contributed by atoms with Gasteiger partial charge >= 0.3 is 17.1 Å². The molecule has 0 spiro atoms. The first-order valence-corrected chi connectivity index (χ1v) is 9.91. The standard InChI is InChI=1S/C21H16NO3.C5H5.Fe/c23-21(17-7-5-15(6-8-17)14-3-1-2-4-14)20-13-19(20)16-9-11-18(12-10-16)22(24)25;1-2-4-5-3-1;/h1-12,19-20H,13H2;1-5H;/q;;+2/t19-,20+;;/m0../s1. The molecule has 0 aromatic heterocycles. The predicted molar refractivity (Wildman–Crippen MR) is 116 cm³/mol. The van der Waals surface area contributed by atoms with E-state index in [1.54, 1.807) is 12.1 Å². The molecule has 0 bridgehead atoms. The van der Waals surface area contributed by atoms with Crippen LogP contribution in [-0.4, -0.2) is 10.7 Å². The number of rotatable bonds is 5. The Labute approximate surface area is 195 Å². The van der Waals surface area contributed by atoms with Gasteiger partial charge in [0.15, 0.2) is 5.78 Å². The number of ketones is 1. The van der Waals surface area contributed by atoms with Crippen LogP contribution >= 0.6 is 0 Å². The van der Waals surface area contributed by atoms with Crippen LogP contribution in [0.3, 0.4) is 0 Å². The molecule has 5 heteroatoms. The van der Waals surface area contributed by atoms with Gasteiger partial charge in [0.05, 0.1) is 4.92 Å². The molecule has 2 atom stereocenters. The van der Waals surface area contributed by atoms with E-state index < -0.39 is 4.92 Å². The monoisotopic (exact) mass is 451 g/mol. The minimum Gasteiger partial charge on any atom is -0.294 e. The van der Waals surface area contributed by atoms with Crippen molar-refractivity contribution in [3.05, 3.63) is 139 Å². The second-order valence-electron chi connectivity index (χ2n) is 7.37. The average Bonchev–Trinajstić information content (AvgIpc) is 3.18. The van der Waals surface area contributed by atoms with Gasteiger partial charge in [-0.3, -0.25) is 14.9 Å². The molecule has 0 heterocycles. The quantitative estimate of drug-likeness (QED) is 0.266. The summed E-state index contributed by atoms with van der Waals surface area (Å²) in [4.78, 5) is 23.0. The number of carbonyl (C=O) groups excluding carboxylic acids is 1. The summed E-state index contributed by atoms with van der Waals surface area (Å²) in [6.07, 6.45) is 18.9. The fourth-order valence-electron chi connectivity index (χ4n) is 3.62. The molecule has 3 saturated carbocycles. The van der Waals surface area contributed by atoms with Gasteiger partial charge in [-0.2, -0.15) is 0 Å². The summed E-state index contributed by atoms with van der Waals surface area (Å²) in [5.74, 6) is 1.45. The maximum absolute atomic E-state index is 12.7. The molecule has 3 aliphatic rings. The third-order valence-corrected chi connectivity index (χ3v) is 5.38. The van der Waals surface area contributed by atoms with Crippen LogP contribution in [0.1, 0.15) is 33.8 Å². The molecule has 2 aromatic rings. The SMILES string of the molecule is O=C(c1ccc([C]2[CH][CH][CH][CH]2)cc1)[C@@H]1C[C@H]1c1ccc([N+](=O)[O-])cc1.[CH]1[CH][CH][CH][CH]1.[Fe+2]. The van der Waals surface area contributed by atoms with Crippen LogP contribution in [0.2, 0.25) is 0 Å². The van der Waals surface area contributed by atoms with Gasteiger partial charge in [-0.1, -0.05) is 36.4 Å². The first-order valence-electron chi connectivity index (χ1n) is 9.91. The van der Waals surface area contributed by atoms with Crippen molar-refractivity contribution in [1.29, 1.82) is 0 Å². The molecule has 31 heavy (non-hydrogen) atoms. The Balaban J connectivity index is 0.000000401. The van der Waals surface area contributed by atoms with E-state index in [-0.39, 0.29) is 40.4 Å². The Morgan fingerprint density at radius 2 is 1.35 bits per heavy atom. The zero-order valence-electron chi connectivity index (χ0n) is 16.7. The molecule has 5 rings (SSSR count). The van der Waals surface area contributed by atoms with Crippen LogP contribution in [0, 0.1) is 79.7 Å². The van der Waals surface area contributed by atoms with Crippen molar-refractivity contribution in [3.63, 3.8) is 0 Å². The number of nitrogens with zero attached hydrogens (tertiary/aromatic N) is 1. The second-order valence-corrected chi connectivity index (χ2v) is 7.37. The zero-order chi connectivity index (χ0) is 20.9. The third-order valence-electron chi connectivity index (χ3n) is 5.38. The topological polar surface area (TPSA) is 60.2 Å². The third kappa shape index (κ3) is 6.05. The number of Topliss-reactive ketones (excluding diaryl/α,β-unsaturated/α-hetero) is 1. The molecule has 0 unspecified atom stereocenters.